The number of hydrogen-bond donors (Lipinski definition) is 2. The van der Waals surface area contributed by atoms with Gasteiger partial charge >= 0.3 is 0 Å². The molecule has 2 fully saturated rings. The molecule has 4 heteroatoms. The number of rotatable bonds is 4. The molecule has 0 saturated heterocycles. The van der Waals surface area contributed by atoms with Gasteiger partial charge in [0.1, 0.15) is 5.75 Å². The number of ether oxygens (including phenoxy) is 1. The normalized spacial score (nSPS) is 38.7. The third kappa shape index (κ3) is 2.96. The van der Waals surface area contributed by atoms with Gasteiger partial charge < -0.3 is 19.8 Å². The molecule has 3 aliphatic carbocycles. The summed E-state index contributed by atoms with van der Waals surface area (Å²) in [5.41, 5.74) is 2.70. The van der Waals surface area contributed by atoms with Crippen molar-refractivity contribution < 1.29 is 14.9 Å². The van der Waals surface area contributed by atoms with Gasteiger partial charge in [-0.1, -0.05) is 13.0 Å². The summed E-state index contributed by atoms with van der Waals surface area (Å²) in [5.74, 6) is 1.85. The zero-order valence-corrected chi connectivity index (χ0v) is 16.3. The summed E-state index contributed by atoms with van der Waals surface area (Å²) in [6, 6.07) is 5.90. The molecule has 4 rings (SSSR count). The summed E-state index contributed by atoms with van der Waals surface area (Å²) in [6.07, 6.45) is 5.13. The number of nitrogens with zero attached hydrogens (tertiary/aromatic N) is 1. The number of aliphatic hydroxyl groups is 1. The number of aliphatic hydroxyl groups excluding tert-OH is 1. The molecule has 0 heterocycles. The Kier molecular flexibility index (Phi) is 4.79. The minimum atomic E-state index is -0.169. The van der Waals surface area contributed by atoms with Gasteiger partial charge in [0.05, 0.1) is 18.8 Å². The zero-order valence-electron chi connectivity index (χ0n) is 16.3. The number of likely N-dealkylation sites (N-methyl/N-ethyl adjacent to an activating group) is 1. The van der Waals surface area contributed by atoms with Crippen LogP contribution in [-0.2, 0) is 11.2 Å². The van der Waals surface area contributed by atoms with E-state index in [1.165, 1.54) is 11.1 Å². The van der Waals surface area contributed by atoms with E-state index in [2.05, 4.69) is 32.0 Å². The average Bonchev–Trinajstić information content (AvgIpc) is 2.89. The SMILES string of the molecule is CN(C)CCO[C@@H]1Cc2cc(O)ccc2[C@H]2CC[C@]3(C)[C@@H](O)CC[C@H]3[C@@H]21. The van der Waals surface area contributed by atoms with Crippen LogP contribution in [0, 0.1) is 17.3 Å². The standard InChI is InChI=1S/C22H33NO3/c1-22-9-8-17-16-5-4-15(24)12-14(16)13-19(26-11-10-23(2)3)21(17)18(22)6-7-20(22)25/h4-5,12,17-21,24-25H,6-11,13H2,1-3H3/t17-,18+,19-,20+,21-,22+/m1/s1. The van der Waals surface area contributed by atoms with Gasteiger partial charge in [0, 0.05) is 6.54 Å². The number of fused-ring (bicyclic) bond motifs is 5. The monoisotopic (exact) mass is 359 g/mol. The first-order chi connectivity index (χ1) is 12.4. The van der Waals surface area contributed by atoms with Gasteiger partial charge in [-0.15, -0.1) is 0 Å². The molecule has 3 aliphatic rings. The van der Waals surface area contributed by atoms with E-state index in [0.717, 1.165) is 45.3 Å². The fraction of sp³-hybridized carbons (Fsp3) is 0.727. The smallest absolute Gasteiger partial charge is 0.115 e. The van der Waals surface area contributed by atoms with Gasteiger partial charge in [0.2, 0.25) is 0 Å². The Morgan fingerprint density at radius 2 is 2.04 bits per heavy atom. The van der Waals surface area contributed by atoms with Crippen molar-refractivity contribution in [1.29, 1.82) is 0 Å². The van der Waals surface area contributed by atoms with Crippen molar-refractivity contribution in [3.05, 3.63) is 29.3 Å². The highest BCUT2D eigenvalue weighted by Gasteiger charge is 2.57. The predicted molar refractivity (Wildman–Crippen MR) is 102 cm³/mol. The molecular weight excluding hydrogens is 326 g/mol. The van der Waals surface area contributed by atoms with E-state index in [0.29, 0.717) is 23.5 Å². The van der Waals surface area contributed by atoms with Crippen LogP contribution in [0.3, 0.4) is 0 Å². The van der Waals surface area contributed by atoms with Crippen molar-refractivity contribution in [2.24, 2.45) is 17.3 Å². The fourth-order valence-corrected chi connectivity index (χ4v) is 6.09. The predicted octanol–water partition coefficient (Wildman–Crippen LogP) is 3.17. The molecule has 2 N–H and O–H groups in total. The first kappa shape index (κ1) is 18.3. The first-order valence-electron chi connectivity index (χ1n) is 10.2. The van der Waals surface area contributed by atoms with E-state index in [4.69, 9.17) is 4.74 Å². The van der Waals surface area contributed by atoms with Crippen LogP contribution < -0.4 is 0 Å². The molecule has 26 heavy (non-hydrogen) atoms. The number of aromatic hydroxyl groups is 1. The molecular formula is C22H33NO3. The molecule has 0 amide bonds. The Labute approximate surface area is 157 Å². The molecule has 0 bridgehead atoms. The Balaban J connectivity index is 1.66. The van der Waals surface area contributed by atoms with Crippen LogP contribution in [0.4, 0.5) is 0 Å². The van der Waals surface area contributed by atoms with Crippen molar-refractivity contribution in [2.45, 2.75) is 57.2 Å². The van der Waals surface area contributed by atoms with Crippen molar-refractivity contribution >= 4 is 0 Å². The Hall–Kier alpha value is -1.10. The lowest BCUT2D eigenvalue weighted by Gasteiger charge is -2.52. The third-order valence-corrected chi connectivity index (χ3v) is 7.53. The van der Waals surface area contributed by atoms with Crippen LogP contribution in [0.5, 0.6) is 5.75 Å². The minimum absolute atomic E-state index is 0.0404. The van der Waals surface area contributed by atoms with Crippen LogP contribution in [0.15, 0.2) is 18.2 Å². The lowest BCUT2D eigenvalue weighted by Crippen LogP contribution is -2.50. The van der Waals surface area contributed by atoms with Gasteiger partial charge in [-0.2, -0.15) is 0 Å². The lowest BCUT2D eigenvalue weighted by molar-refractivity contribution is -0.0882. The summed E-state index contributed by atoms with van der Waals surface area (Å²) in [5, 5.41) is 20.6. The lowest BCUT2D eigenvalue weighted by atomic mass is 9.54. The summed E-state index contributed by atoms with van der Waals surface area (Å²) >= 11 is 0. The van der Waals surface area contributed by atoms with E-state index >= 15 is 0 Å². The second-order valence-corrected chi connectivity index (χ2v) is 9.23. The fourth-order valence-electron chi connectivity index (χ4n) is 6.09. The molecule has 6 atom stereocenters. The summed E-state index contributed by atoms with van der Waals surface area (Å²) in [6.45, 7) is 3.96. The molecule has 1 aromatic carbocycles. The molecule has 4 nitrogen and oxygen atoms in total. The molecule has 144 valence electrons. The Morgan fingerprint density at radius 1 is 1.23 bits per heavy atom. The van der Waals surface area contributed by atoms with Gasteiger partial charge in [-0.05, 0) is 92.6 Å². The van der Waals surface area contributed by atoms with Gasteiger partial charge in [0.25, 0.3) is 0 Å². The second-order valence-electron chi connectivity index (χ2n) is 9.23. The summed E-state index contributed by atoms with van der Waals surface area (Å²) < 4.78 is 6.44. The molecule has 0 unspecified atom stereocenters. The minimum Gasteiger partial charge on any atom is -0.508 e. The molecule has 0 aliphatic heterocycles. The van der Waals surface area contributed by atoms with Crippen molar-refractivity contribution in [3.63, 3.8) is 0 Å². The summed E-state index contributed by atoms with van der Waals surface area (Å²) in [4.78, 5) is 2.16. The average molecular weight is 360 g/mol. The van der Waals surface area contributed by atoms with Crippen molar-refractivity contribution in [2.75, 3.05) is 27.2 Å². The van der Waals surface area contributed by atoms with Crippen LogP contribution in [0.25, 0.3) is 0 Å². The van der Waals surface area contributed by atoms with Crippen LogP contribution in [0.2, 0.25) is 0 Å². The first-order valence-corrected chi connectivity index (χ1v) is 10.2. The Morgan fingerprint density at radius 3 is 2.81 bits per heavy atom. The zero-order chi connectivity index (χ0) is 18.5. The second kappa shape index (κ2) is 6.81. The molecule has 2 saturated carbocycles. The highest BCUT2D eigenvalue weighted by atomic mass is 16.5. The molecule has 0 radical (unpaired) electrons. The van der Waals surface area contributed by atoms with Gasteiger partial charge in [-0.3, -0.25) is 0 Å². The largest absolute Gasteiger partial charge is 0.508 e. The summed E-state index contributed by atoms with van der Waals surface area (Å²) in [7, 11) is 4.15. The highest BCUT2D eigenvalue weighted by Crippen LogP contribution is 2.61. The third-order valence-electron chi connectivity index (χ3n) is 7.53. The number of hydrogen-bond acceptors (Lipinski definition) is 4. The van der Waals surface area contributed by atoms with E-state index < -0.39 is 0 Å². The molecule has 0 spiro atoms. The number of phenolic OH excluding ortho intramolecular Hbond substituents is 1. The molecule has 0 aromatic heterocycles. The number of benzene rings is 1. The van der Waals surface area contributed by atoms with Crippen molar-refractivity contribution in [3.8, 4) is 5.75 Å². The van der Waals surface area contributed by atoms with Gasteiger partial charge in [-0.25, -0.2) is 0 Å². The maximum absolute atomic E-state index is 10.7. The Bertz CT molecular complexity index is 661. The van der Waals surface area contributed by atoms with E-state index in [-0.39, 0.29) is 17.6 Å². The van der Waals surface area contributed by atoms with E-state index in [1.54, 1.807) is 0 Å². The van der Waals surface area contributed by atoms with Crippen LogP contribution in [0.1, 0.15) is 49.7 Å². The number of phenols is 1. The van der Waals surface area contributed by atoms with E-state index in [1.807, 2.05) is 12.1 Å². The van der Waals surface area contributed by atoms with E-state index in [9.17, 15) is 10.2 Å². The quantitative estimate of drug-likeness (QED) is 0.867. The maximum atomic E-state index is 10.7. The van der Waals surface area contributed by atoms with Gasteiger partial charge in [0.15, 0.2) is 0 Å². The molecule has 1 aromatic rings. The van der Waals surface area contributed by atoms with Crippen LogP contribution >= 0.6 is 0 Å². The highest BCUT2D eigenvalue weighted by molar-refractivity contribution is 5.41. The van der Waals surface area contributed by atoms with Crippen molar-refractivity contribution in [1.82, 2.24) is 4.90 Å². The topological polar surface area (TPSA) is 52.9 Å². The maximum Gasteiger partial charge on any atom is 0.115 e. The van der Waals surface area contributed by atoms with Crippen LogP contribution in [-0.4, -0.2) is 54.6 Å².